The number of hydrogen-bond donors (Lipinski definition) is 1. The van der Waals surface area contributed by atoms with E-state index in [1.54, 1.807) is 12.3 Å². The molecule has 126 valence electrons. The van der Waals surface area contributed by atoms with Crippen LogP contribution in [0.4, 0.5) is 11.5 Å². The molecule has 3 rings (SSSR count). The summed E-state index contributed by atoms with van der Waals surface area (Å²) in [6.45, 7) is 1.97. The third kappa shape index (κ3) is 3.89. The summed E-state index contributed by atoms with van der Waals surface area (Å²) in [5, 5.41) is 19.7. The summed E-state index contributed by atoms with van der Waals surface area (Å²) in [5.74, 6) is 0.534. The van der Waals surface area contributed by atoms with Crippen molar-refractivity contribution in [1.82, 2.24) is 4.98 Å². The van der Waals surface area contributed by atoms with Crippen molar-refractivity contribution in [3.05, 3.63) is 63.8 Å². The van der Waals surface area contributed by atoms with Crippen LogP contribution in [0.3, 0.4) is 0 Å². The Morgan fingerprint density at radius 3 is 2.33 bits per heavy atom. The van der Waals surface area contributed by atoms with E-state index >= 15 is 0 Å². The van der Waals surface area contributed by atoms with E-state index in [1.807, 2.05) is 12.1 Å². The lowest BCUT2D eigenvalue weighted by Crippen LogP contribution is -2.34. The maximum absolute atomic E-state index is 10.7. The topological polar surface area (TPSA) is 79.5 Å². The quantitative estimate of drug-likeness (QED) is 0.674. The zero-order chi connectivity index (χ0) is 16.9. The molecule has 24 heavy (non-hydrogen) atoms. The fraction of sp³-hybridized carbons (Fsp3) is 0.389. The van der Waals surface area contributed by atoms with Gasteiger partial charge in [0.05, 0.1) is 12.3 Å². The summed E-state index contributed by atoms with van der Waals surface area (Å²) in [6.07, 6.45) is 4.83. The number of pyridine rings is 1. The van der Waals surface area contributed by atoms with Crippen molar-refractivity contribution in [3.63, 3.8) is 0 Å². The number of nitro groups is 1. The van der Waals surface area contributed by atoms with Crippen molar-refractivity contribution < 1.29 is 10.0 Å². The molecule has 1 aliphatic heterocycles. The maximum Gasteiger partial charge on any atom is 0.363 e. The van der Waals surface area contributed by atoms with Crippen molar-refractivity contribution in [1.29, 1.82) is 0 Å². The van der Waals surface area contributed by atoms with Crippen LogP contribution < -0.4 is 4.90 Å². The molecule has 6 nitrogen and oxygen atoms in total. The van der Waals surface area contributed by atoms with Crippen LogP contribution in [0.5, 0.6) is 0 Å². The highest BCUT2D eigenvalue weighted by atomic mass is 16.6. The van der Waals surface area contributed by atoms with Gasteiger partial charge >= 0.3 is 5.82 Å². The molecule has 0 bridgehead atoms. The summed E-state index contributed by atoms with van der Waals surface area (Å²) in [6, 6.07) is 11.4. The fourth-order valence-corrected chi connectivity index (χ4v) is 3.18. The molecule has 0 radical (unpaired) electrons. The molecular weight excluding hydrogens is 306 g/mol. The van der Waals surface area contributed by atoms with Gasteiger partial charge in [-0.15, -0.1) is 0 Å². The predicted molar refractivity (Wildman–Crippen MR) is 91.9 cm³/mol. The zero-order valence-corrected chi connectivity index (χ0v) is 13.5. The van der Waals surface area contributed by atoms with Gasteiger partial charge in [-0.2, -0.15) is 0 Å². The molecule has 1 aromatic carbocycles. The van der Waals surface area contributed by atoms with Crippen LogP contribution in [0.2, 0.25) is 0 Å². The summed E-state index contributed by atoms with van der Waals surface area (Å²) < 4.78 is 0. The SMILES string of the molecule is O=[N+]([O-])c1ccc(N2CCC(Cc3ccc(CO)cc3)CC2)cn1. The van der Waals surface area contributed by atoms with Gasteiger partial charge < -0.3 is 20.1 Å². The fourth-order valence-electron chi connectivity index (χ4n) is 3.18. The summed E-state index contributed by atoms with van der Waals surface area (Å²) in [4.78, 5) is 16.3. The van der Waals surface area contributed by atoms with Crippen LogP contribution in [0.25, 0.3) is 0 Å². The van der Waals surface area contributed by atoms with Crippen molar-refractivity contribution in [3.8, 4) is 0 Å². The smallest absolute Gasteiger partial charge is 0.363 e. The zero-order valence-electron chi connectivity index (χ0n) is 13.5. The molecule has 2 aromatic rings. The summed E-state index contributed by atoms with van der Waals surface area (Å²) in [5.41, 5.74) is 3.20. The van der Waals surface area contributed by atoms with E-state index in [0.29, 0.717) is 5.92 Å². The minimum Gasteiger partial charge on any atom is -0.392 e. The van der Waals surface area contributed by atoms with Gasteiger partial charge in [-0.3, -0.25) is 0 Å². The molecule has 0 spiro atoms. The number of aromatic nitrogens is 1. The molecule has 0 amide bonds. The van der Waals surface area contributed by atoms with E-state index < -0.39 is 4.92 Å². The Morgan fingerprint density at radius 2 is 1.79 bits per heavy atom. The lowest BCUT2D eigenvalue weighted by Gasteiger charge is -2.33. The molecule has 1 aliphatic rings. The molecule has 0 atom stereocenters. The summed E-state index contributed by atoms with van der Waals surface area (Å²) in [7, 11) is 0. The third-order valence-electron chi connectivity index (χ3n) is 4.63. The number of nitrogens with zero attached hydrogens (tertiary/aromatic N) is 3. The molecule has 1 N–H and O–H groups in total. The number of benzene rings is 1. The lowest BCUT2D eigenvalue weighted by atomic mass is 9.90. The molecule has 0 saturated carbocycles. The van der Waals surface area contributed by atoms with Crippen molar-refractivity contribution in [2.24, 2.45) is 5.92 Å². The van der Waals surface area contributed by atoms with Crippen molar-refractivity contribution in [2.75, 3.05) is 18.0 Å². The monoisotopic (exact) mass is 327 g/mol. The van der Waals surface area contributed by atoms with E-state index in [9.17, 15) is 10.1 Å². The summed E-state index contributed by atoms with van der Waals surface area (Å²) >= 11 is 0. The first kappa shape index (κ1) is 16.4. The first-order chi connectivity index (χ1) is 11.7. The van der Waals surface area contributed by atoms with Gasteiger partial charge in [-0.1, -0.05) is 24.3 Å². The molecule has 0 aliphatic carbocycles. The normalized spacial score (nSPS) is 15.5. The van der Waals surface area contributed by atoms with Crippen LogP contribution in [-0.2, 0) is 13.0 Å². The van der Waals surface area contributed by atoms with Gasteiger partial charge in [-0.25, -0.2) is 0 Å². The van der Waals surface area contributed by atoms with Gasteiger partial charge in [0.25, 0.3) is 0 Å². The second kappa shape index (κ2) is 7.40. The van der Waals surface area contributed by atoms with Gasteiger partial charge in [0.2, 0.25) is 0 Å². The molecule has 0 unspecified atom stereocenters. The van der Waals surface area contributed by atoms with Crippen molar-refractivity contribution >= 4 is 11.5 Å². The standard InChI is InChI=1S/C18H21N3O3/c22-13-16-3-1-14(2-4-16)11-15-7-9-20(10-8-15)17-5-6-18(19-12-17)21(23)24/h1-6,12,15,22H,7-11,13H2. The largest absolute Gasteiger partial charge is 0.392 e. The van der Waals surface area contributed by atoms with Crippen LogP contribution in [0.1, 0.15) is 24.0 Å². The number of aliphatic hydroxyl groups is 1. The second-order valence-corrected chi connectivity index (χ2v) is 6.24. The van der Waals surface area contributed by atoms with E-state index in [0.717, 1.165) is 43.6 Å². The van der Waals surface area contributed by atoms with Gasteiger partial charge in [0, 0.05) is 19.2 Å². The van der Waals surface area contributed by atoms with E-state index in [2.05, 4.69) is 22.0 Å². The minimum absolute atomic E-state index is 0.0853. The number of aliphatic hydroxyl groups excluding tert-OH is 1. The van der Waals surface area contributed by atoms with Crippen LogP contribution in [-0.4, -0.2) is 28.1 Å². The van der Waals surface area contributed by atoms with Crippen LogP contribution in [0.15, 0.2) is 42.6 Å². The van der Waals surface area contributed by atoms with E-state index in [1.165, 1.54) is 11.6 Å². The highest BCUT2D eigenvalue weighted by molar-refractivity contribution is 5.46. The average molecular weight is 327 g/mol. The van der Waals surface area contributed by atoms with E-state index in [-0.39, 0.29) is 12.4 Å². The van der Waals surface area contributed by atoms with Gasteiger partial charge in [0.15, 0.2) is 6.20 Å². The molecule has 1 aromatic heterocycles. The molecule has 6 heteroatoms. The molecule has 1 saturated heterocycles. The highest BCUT2D eigenvalue weighted by Crippen LogP contribution is 2.26. The Labute approximate surface area is 140 Å². The number of rotatable bonds is 5. The van der Waals surface area contributed by atoms with Gasteiger partial charge in [0.1, 0.15) is 0 Å². The Hall–Kier alpha value is -2.47. The molecule has 2 heterocycles. The number of piperidine rings is 1. The first-order valence-corrected chi connectivity index (χ1v) is 8.20. The predicted octanol–water partition coefficient (Wildman–Crippen LogP) is 2.94. The highest BCUT2D eigenvalue weighted by Gasteiger charge is 2.21. The molecular formula is C18H21N3O3. The maximum atomic E-state index is 10.7. The Kier molecular flexibility index (Phi) is 5.05. The lowest BCUT2D eigenvalue weighted by molar-refractivity contribution is -0.389. The molecule has 1 fully saturated rings. The Bertz CT molecular complexity index is 678. The van der Waals surface area contributed by atoms with Gasteiger partial charge in [-0.05, 0) is 52.3 Å². The van der Waals surface area contributed by atoms with E-state index in [4.69, 9.17) is 5.11 Å². The van der Waals surface area contributed by atoms with Crippen LogP contribution >= 0.6 is 0 Å². The number of anilines is 1. The van der Waals surface area contributed by atoms with Crippen LogP contribution in [0, 0.1) is 16.0 Å². The van der Waals surface area contributed by atoms with Crippen molar-refractivity contribution in [2.45, 2.75) is 25.9 Å². The Balaban J connectivity index is 1.54. The first-order valence-electron chi connectivity index (χ1n) is 8.20. The average Bonchev–Trinajstić information content (AvgIpc) is 2.63. The minimum atomic E-state index is -0.474. The third-order valence-corrected chi connectivity index (χ3v) is 4.63. The Morgan fingerprint density at radius 1 is 1.12 bits per heavy atom. The second-order valence-electron chi connectivity index (χ2n) is 6.24. The number of hydrogen-bond acceptors (Lipinski definition) is 5.